The van der Waals surface area contributed by atoms with Gasteiger partial charge >= 0.3 is 5.97 Å². The van der Waals surface area contributed by atoms with E-state index in [2.05, 4.69) is 60.4 Å². The number of hydrogen-bond acceptors (Lipinski definition) is 6. The highest BCUT2D eigenvalue weighted by Gasteiger charge is 2.47. The molecule has 3 atom stereocenters. The average Bonchev–Trinajstić information content (AvgIpc) is 3.28. The fourth-order valence-corrected chi connectivity index (χ4v) is 8.71. The molecular formula is C29H38O6Si2. The van der Waals surface area contributed by atoms with Crippen LogP contribution in [0.15, 0.2) is 33.5 Å². The third-order valence-electron chi connectivity index (χ3n) is 8.16. The number of ether oxygens (including phenoxy) is 2. The molecule has 0 spiro atoms. The Morgan fingerprint density at radius 2 is 1.68 bits per heavy atom. The number of esters is 1. The third kappa shape index (κ3) is 4.27. The molecule has 198 valence electrons. The average molecular weight is 539 g/mol. The molecule has 5 rings (SSSR count). The van der Waals surface area contributed by atoms with Gasteiger partial charge < -0.3 is 18.3 Å². The molecule has 37 heavy (non-hydrogen) atoms. The quantitative estimate of drug-likeness (QED) is 0.219. The van der Waals surface area contributed by atoms with Crippen LogP contribution < -0.4 is 15.4 Å². The summed E-state index contributed by atoms with van der Waals surface area (Å²) < 4.78 is 25.4. The van der Waals surface area contributed by atoms with Gasteiger partial charge in [-0.2, -0.15) is 0 Å². The lowest BCUT2D eigenvalue weighted by molar-refractivity contribution is -0.141. The van der Waals surface area contributed by atoms with Gasteiger partial charge in [-0.25, -0.2) is 0 Å². The number of rotatable bonds is 5. The molecule has 0 amide bonds. The molecule has 0 N–H and O–H groups in total. The molecule has 1 unspecified atom stereocenters. The Labute approximate surface area is 220 Å². The van der Waals surface area contributed by atoms with E-state index in [1.165, 1.54) is 0 Å². The first-order valence-corrected chi connectivity index (χ1v) is 19.6. The smallest absolute Gasteiger partial charge is 0.310 e. The summed E-state index contributed by atoms with van der Waals surface area (Å²) in [4.78, 5) is 26.6. The van der Waals surface area contributed by atoms with Gasteiger partial charge in [0.25, 0.3) is 0 Å². The van der Waals surface area contributed by atoms with E-state index in [1.807, 2.05) is 24.3 Å². The van der Waals surface area contributed by atoms with E-state index in [9.17, 15) is 9.59 Å². The summed E-state index contributed by atoms with van der Waals surface area (Å²) in [6.45, 7) is 19.8. The van der Waals surface area contributed by atoms with Crippen LogP contribution in [-0.4, -0.2) is 34.6 Å². The van der Waals surface area contributed by atoms with Gasteiger partial charge in [0, 0.05) is 28.5 Å². The highest BCUT2D eigenvalue weighted by molar-refractivity contribution is 6.89. The van der Waals surface area contributed by atoms with Crippen molar-refractivity contribution >= 4 is 49.3 Å². The fraction of sp³-hybridized carbons (Fsp3) is 0.517. The molecule has 1 saturated heterocycles. The van der Waals surface area contributed by atoms with E-state index in [-0.39, 0.29) is 29.0 Å². The minimum absolute atomic E-state index is 0.0239. The standard InChI is InChI=1S/C29H38O6Si2/c1-16(35-37(8,9)29(2,3)4)14-20-28(36(5,6)7)24(31)22-23-26(32-19-15-21(30)34-27(19)23)18-13-11-10-12-17(18)25(22)33-20/h10-13,16,19,27H,14-15H2,1-9H3/t16?,19-,27+/m0/s1. The zero-order valence-corrected chi connectivity index (χ0v) is 25.4. The van der Waals surface area contributed by atoms with Crippen molar-refractivity contribution in [3.05, 3.63) is 45.8 Å². The van der Waals surface area contributed by atoms with E-state index in [0.29, 0.717) is 34.5 Å². The van der Waals surface area contributed by atoms with Gasteiger partial charge in [-0.1, -0.05) is 64.7 Å². The van der Waals surface area contributed by atoms with Crippen LogP contribution in [0.4, 0.5) is 0 Å². The zero-order valence-electron chi connectivity index (χ0n) is 23.4. The molecule has 8 heteroatoms. The molecule has 0 aliphatic carbocycles. The summed E-state index contributed by atoms with van der Waals surface area (Å²) in [7, 11) is -4.15. The third-order valence-corrected chi connectivity index (χ3v) is 14.8. The molecule has 2 aliphatic rings. The van der Waals surface area contributed by atoms with Crippen LogP contribution in [0.2, 0.25) is 37.8 Å². The van der Waals surface area contributed by atoms with Gasteiger partial charge in [-0.3, -0.25) is 9.59 Å². The number of carbonyl (C=O) groups excluding carboxylic acids is 1. The van der Waals surface area contributed by atoms with Gasteiger partial charge in [0.15, 0.2) is 26.0 Å². The Bertz CT molecular complexity index is 1470. The van der Waals surface area contributed by atoms with Crippen molar-refractivity contribution in [2.24, 2.45) is 0 Å². The fourth-order valence-electron chi connectivity index (χ4n) is 5.47. The normalized spacial score (nSPS) is 20.6. The lowest BCUT2D eigenvalue weighted by Crippen LogP contribution is -2.50. The summed E-state index contributed by atoms with van der Waals surface area (Å²) in [6.07, 6.45) is -0.384. The van der Waals surface area contributed by atoms with Gasteiger partial charge in [0.05, 0.1) is 25.4 Å². The Balaban J connectivity index is 1.75. The molecule has 0 saturated carbocycles. The maximum atomic E-state index is 14.4. The molecule has 1 fully saturated rings. The first-order chi connectivity index (χ1) is 17.1. The molecule has 0 bridgehead atoms. The van der Waals surface area contributed by atoms with E-state index >= 15 is 0 Å². The topological polar surface area (TPSA) is 75.0 Å². The molecule has 0 radical (unpaired) electrons. The van der Waals surface area contributed by atoms with E-state index in [1.54, 1.807) is 0 Å². The summed E-state index contributed by atoms with van der Waals surface area (Å²) in [6, 6.07) is 7.84. The maximum absolute atomic E-state index is 14.4. The lowest BCUT2D eigenvalue weighted by Gasteiger charge is -2.38. The Hall–Kier alpha value is -2.43. The van der Waals surface area contributed by atoms with Crippen LogP contribution in [0, 0.1) is 0 Å². The van der Waals surface area contributed by atoms with E-state index in [4.69, 9.17) is 18.3 Å². The zero-order chi connectivity index (χ0) is 27.1. The summed E-state index contributed by atoms with van der Waals surface area (Å²) in [5.74, 6) is 1.05. The Morgan fingerprint density at radius 3 is 2.30 bits per heavy atom. The highest BCUT2D eigenvalue weighted by atomic mass is 28.4. The second kappa shape index (κ2) is 8.54. The van der Waals surface area contributed by atoms with Crippen LogP contribution in [-0.2, 0) is 20.4 Å². The van der Waals surface area contributed by atoms with Gasteiger partial charge in [0.1, 0.15) is 17.1 Å². The highest BCUT2D eigenvalue weighted by Crippen LogP contribution is 2.51. The monoisotopic (exact) mass is 538 g/mol. The van der Waals surface area contributed by atoms with Crippen LogP contribution in [0.1, 0.15) is 51.5 Å². The van der Waals surface area contributed by atoms with Gasteiger partial charge in [0.2, 0.25) is 0 Å². The summed E-state index contributed by atoms with van der Waals surface area (Å²) in [5, 5.41) is 3.06. The maximum Gasteiger partial charge on any atom is 0.310 e. The summed E-state index contributed by atoms with van der Waals surface area (Å²) in [5.41, 5.74) is 1.18. The van der Waals surface area contributed by atoms with Crippen molar-refractivity contribution in [2.45, 2.75) is 96.6 Å². The minimum atomic E-state index is -2.15. The molecule has 1 aromatic heterocycles. The Morgan fingerprint density at radius 1 is 1.03 bits per heavy atom. The van der Waals surface area contributed by atoms with Crippen molar-refractivity contribution in [3.8, 4) is 5.75 Å². The second-order valence-corrected chi connectivity index (χ2v) is 22.9. The van der Waals surface area contributed by atoms with Gasteiger partial charge in [-0.05, 0) is 25.1 Å². The van der Waals surface area contributed by atoms with Crippen molar-refractivity contribution in [1.82, 2.24) is 0 Å². The number of benzene rings is 2. The molecular weight excluding hydrogens is 500 g/mol. The lowest BCUT2D eigenvalue weighted by atomic mass is 9.96. The van der Waals surface area contributed by atoms with Crippen LogP contribution in [0.5, 0.6) is 5.75 Å². The predicted octanol–water partition coefficient (Wildman–Crippen LogP) is 6.19. The minimum Gasteiger partial charge on any atom is -0.484 e. The van der Waals surface area contributed by atoms with Crippen LogP contribution in [0.3, 0.4) is 0 Å². The van der Waals surface area contributed by atoms with Crippen LogP contribution >= 0.6 is 0 Å². The molecule has 3 heterocycles. The molecule has 3 aromatic rings. The number of hydrogen-bond donors (Lipinski definition) is 0. The predicted molar refractivity (Wildman–Crippen MR) is 152 cm³/mol. The van der Waals surface area contributed by atoms with Crippen molar-refractivity contribution in [1.29, 1.82) is 0 Å². The first-order valence-electron chi connectivity index (χ1n) is 13.2. The largest absolute Gasteiger partial charge is 0.484 e. The van der Waals surface area contributed by atoms with Gasteiger partial charge in [-0.15, -0.1) is 0 Å². The second-order valence-electron chi connectivity index (χ2n) is 13.1. The summed E-state index contributed by atoms with van der Waals surface area (Å²) >= 11 is 0. The first kappa shape index (κ1) is 26.2. The SMILES string of the molecule is CC(Cc1oc2c(c3c(c4ccccc42)O[C@H]2CC(=O)O[C@@H]32)c(=O)c1[Si](C)(C)C)O[Si](C)(C)C(C)(C)C. The van der Waals surface area contributed by atoms with E-state index < -0.39 is 28.6 Å². The molecule has 6 nitrogen and oxygen atoms in total. The number of carbonyl (C=O) groups is 1. The van der Waals surface area contributed by atoms with Crippen molar-refractivity contribution < 1.29 is 23.1 Å². The van der Waals surface area contributed by atoms with Crippen molar-refractivity contribution in [2.75, 3.05) is 0 Å². The van der Waals surface area contributed by atoms with Crippen LogP contribution in [0.25, 0.3) is 21.7 Å². The number of fused-ring (bicyclic) bond motifs is 8. The van der Waals surface area contributed by atoms with E-state index in [0.717, 1.165) is 16.0 Å². The molecule has 2 aliphatic heterocycles. The molecule has 2 aromatic carbocycles. The Kier molecular flexibility index (Phi) is 6.05. The van der Waals surface area contributed by atoms with Crippen molar-refractivity contribution in [3.63, 3.8) is 0 Å².